The maximum Gasteiger partial charge on any atom is 0.123 e. The Kier molecular flexibility index (Phi) is 2.22. The van der Waals surface area contributed by atoms with E-state index < -0.39 is 0 Å². The van der Waals surface area contributed by atoms with E-state index in [4.69, 9.17) is 4.74 Å². The molecule has 0 aliphatic carbocycles. The summed E-state index contributed by atoms with van der Waals surface area (Å²) in [5, 5.41) is 0. The lowest BCUT2D eigenvalue weighted by atomic mass is 10.0. The molecule has 1 saturated heterocycles. The van der Waals surface area contributed by atoms with Crippen LogP contribution in [0, 0.1) is 5.82 Å². The molecule has 1 aliphatic rings. The Labute approximate surface area is 93.5 Å². The van der Waals surface area contributed by atoms with Gasteiger partial charge in [-0.05, 0) is 23.3 Å². The molecule has 3 rings (SSSR count). The Bertz CT molecular complexity index is 478. The molecule has 0 radical (unpaired) electrons. The largest absolute Gasteiger partial charge is 0.359 e. The smallest absolute Gasteiger partial charge is 0.123 e. The fraction of sp³-hybridized carbons (Fsp3) is 0.143. The average molecular weight is 214 g/mol. The molecule has 0 spiro atoms. The summed E-state index contributed by atoms with van der Waals surface area (Å²) < 4.78 is 18.4. The minimum atomic E-state index is -0.208. The highest BCUT2D eigenvalue weighted by atomic mass is 19.1. The molecule has 0 N–H and O–H groups in total. The second-order valence-electron chi connectivity index (χ2n) is 3.94. The molecule has 16 heavy (non-hydrogen) atoms. The Hall–Kier alpha value is -1.67. The van der Waals surface area contributed by atoms with E-state index in [1.54, 1.807) is 12.1 Å². The third-order valence-electron chi connectivity index (χ3n) is 2.82. The second-order valence-corrected chi connectivity index (χ2v) is 3.94. The van der Waals surface area contributed by atoms with Gasteiger partial charge in [0.05, 0.1) is 0 Å². The van der Waals surface area contributed by atoms with Crippen LogP contribution in [0.25, 0.3) is 0 Å². The normalized spacial score (nSPS) is 23.1. The van der Waals surface area contributed by atoms with Crippen LogP contribution in [0.5, 0.6) is 0 Å². The molecule has 2 heteroatoms. The van der Waals surface area contributed by atoms with Gasteiger partial charge >= 0.3 is 0 Å². The van der Waals surface area contributed by atoms with Crippen LogP contribution < -0.4 is 0 Å². The summed E-state index contributed by atoms with van der Waals surface area (Å²) in [6.45, 7) is 0. The van der Waals surface area contributed by atoms with Gasteiger partial charge in [-0.3, -0.25) is 0 Å². The molecule has 1 aliphatic heterocycles. The molecule has 1 heterocycles. The van der Waals surface area contributed by atoms with Crippen molar-refractivity contribution < 1.29 is 9.13 Å². The topological polar surface area (TPSA) is 12.5 Å². The van der Waals surface area contributed by atoms with Gasteiger partial charge in [0.2, 0.25) is 0 Å². The molecule has 2 unspecified atom stereocenters. The summed E-state index contributed by atoms with van der Waals surface area (Å²) >= 11 is 0. The number of halogens is 1. The van der Waals surface area contributed by atoms with Crippen LogP contribution >= 0.6 is 0 Å². The molecule has 2 atom stereocenters. The monoisotopic (exact) mass is 214 g/mol. The maximum atomic E-state index is 12.7. The fourth-order valence-corrected chi connectivity index (χ4v) is 1.91. The SMILES string of the molecule is Fc1ccc(C2OC2c2ccccc2)cc1. The van der Waals surface area contributed by atoms with Gasteiger partial charge in [0.1, 0.15) is 18.0 Å². The maximum absolute atomic E-state index is 12.7. The number of hydrogen-bond donors (Lipinski definition) is 0. The van der Waals surface area contributed by atoms with Gasteiger partial charge in [-0.1, -0.05) is 42.5 Å². The standard InChI is InChI=1S/C14H11FO/c15-12-8-6-11(7-9-12)14-13(16-14)10-4-2-1-3-5-10/h1-9,13-14H. The molecule has 2 aromatic carbocycles. The third kappa shape index (κ3) is 1.72. The van der Waals surface area contributed by atoms with E-state index in [-0.39, 0.29) is 18.0 Å². The van der Waals surface area contributed by atoms with Gasteiger partial charge < -0.3 is 4.74 Å². The highest BCUT2D eigenvalue weighted by molar-refractivity contribution is 5.30. The predicted octanol–water partition coefficient (Wildman–Crippen LogP) is 3.64. The Morgan fingerprint density at radius 3 is 1.94 bits per heavy atom. The quantitative estimate of drug-likeness (QED) is 0.695. The molecule has 0 aromatic heterocycles. The lowest BCUT2D eigenvalue weighted by molar-refractivity contribution is 0.377. The first-order valence-electron chi connectivity index (χ1n) is 5.30. The molecule has 0 saturated carbocycles. The summed E-state index contributed by atoms with van der Waals surface area (Å²) in [6.07, 6.45) is 0.217. The predicted molar refractivity (Wildman–Crippen MR) is 59.4 cm³/mol. The highest BCUT2D eigenvalue weighted by Gasteiger charge is 2.41. The van der Waals surface area contributed by atoms with E-state index in [1.807, 2.05) is 30.3 Å². The first-order chi connectivity index (χ1) is 7.84. The molecule has 1 nitrogen and oxygen atoms in total. The average Bonchev–Trinajstić information content (AvgIpc) is 3.11. The second kappa shape index (κ2) is 3.72. The van der Waals surface area contributed by atoms with Crippen molar-refractivity contribution in [2.75, 3.05) is 0 Å². The molecule has 0 amide bonds. The third-order valence-corrected chi connectivity index (χ3v) is 2.82. The molecule has 80 valence electrons. The molecule has 2 aromatic rings. The summed E-state index contributed by atoms with van der Waals surface area (Å²) in [5.41, 5.74) is 2.21. The van der Waals surface area contributed by atoms with Crippen molar-refractivity contribution >= 4 is 0 Å². The van der Waals surface area contributed by atoms with Crippen LogP contribution in [0.1, 0.15) is 23.3 Å². The minimum Gasteiger partial charge on any atom is -0.359 e. The lowest BCUT2D eigenvalue weighted by Crippen LogP contribution is -1.84. The van der Waals surface area contributed by atoms with Gasteiger partial charge in [0.25, 0.3) is 0 Å². The van der Waals surface area contributed by atoms with E-state index in [9.17, 15) is 4.39 Å². The molecule has 0 bridgehead atoms. The first-order valence-corrected chi connectivity index (χ1v) is 5.30. The van der Waals surface area contributed by atoms with Crippen molar-refractivity contribution in [2.24, 2.45) is 0 Å². The van der Waals surface area contributed by atoms with Gasteiger partial charge in [-0.2, -0.15) is 0 Å². The highest BCUT2D eigenvalue weighted by Crippen LogP contribution is 2.50. The zero-order chi connectivity index (χ0) is 11.0. The number of rotatable bonds is 2. The zero-order valence-corrected chi connectivity index (χ0v) is 8.64. The Morgan fingerprint density at radius 2 is 1.31 bits per heavy atom. The van der Waals surface area contributed by atoms with E-state index in [2.05, 4.69) is 0 Å². The molecule has 1 fully saturated rings. The zero-order valence-electron chi connectivity index (χ0n) is 8.64. The summed E-state index contributed by atoms with van der Waals surface area (Å²) in [6, 6.07) is 16.6. The fourth-order valence-electron chi connectivity index (χ4n) is 1.91. The summed E-state index contributed by atoms with van der Waals surface area (Å²) in [5.74, 6) is -0.208. The van der Waals surface area contributed by atoms with Crippen LogP contribution in [-0.2, 0) is 4.74 Å². The van der Waals surface area contributed by atoms with Crippen molar-refractivity contribution in [3.05, 3.63) is 71.5 Å². The van der Waals surface area contributed by atoms with Crippen LogP contribution in [0.4, 0.5) is 4.39 Å². The summed E-state index contributed by atoms with van der Waals surface area (Å²) in [4.78, 5) is 0. The van der Waals surface area contributed by atoms with E-state index >= 15 is 0 Å². The molecular formula is C14H11FO. The summed E-state index contributed by atoms with van der Waals surface area (Å²) in [7, 11) is 0. The first kappa shape index (κ1) is 9.55. The lowest BCUT2D eigenvalue weighted by Gasteiger charge is -1.96. The molecular weight excluding hydrogens is 203 g/mol. The van der Waals surface area contributed by atoms with E-state index in [0.717, 1.165) is 5.56 Å². The van der Waals surface area contributed by atoms with Gasteiger partial charge in [0, 0.05) is 0 Å². The van der Waals surface area contributed by atoms with Crippen molar-refractivity contribution in [3.8, 4) is 0 Å². The van der Waals surface area contributed by atoms with Crippen LogP contribution in [0.2, 0.25) is 0 Å². The number of ether oxygens (including phenoxy) is 1. The minimum absolute atomic E-state index is 0.0861. The van der Waals surface area contributed by atoms with Crippen molar-refractivity contribution in [3.63, 3.8) is 0 Å². The van der Waals surface area contributed by atoms with Crippen LogP contribution in [-0.4, -0.2) is 0 Å². The van der Waals surface area contributed by atoms with Gasteiger partial charge in [-0.25, -0.2) is 4.39 Å². The van der Waals surface area contributed by atoms with E-state index in [1.165, 1.54) is 17.7 Å². The Balaban J connectivity index is 1.79. The van der Waals surface area contributed by atoms with Gasteiger partial charge in [-0.15, -0.1) is 0 Å². The van der Waals surface area contributed by atoms with Crippen molar-refractivity contribution in [2.45, 2.75) is 12.2 Å². The number of hydrogen-bond acceptors (Lipinski definition) is 1. The van der Waals surface area contributed by atoms with Crippen molar-refractivity contribution in [1.82, 2.24) is 0 Å². The van der Waals surface area contributed by atoms with Crippen molar-refractivity contribution in [1.29, 1.82) is 0 Å². The van der Waals surface area contributed by atoms with E-state index in [0.29, 0.717) is 0 Å². The van der Waals surface area contributed by atoms with Crippen LogP contribution in [0.3, 0.4) is 0 Å². The number of epoxide rings is 1. The van der Waals surface area contributed by atoms with Crippen LogP contribution in [0.15, 0.2) is 54.6 Å². The van der Waals surface area contributed by atoms with Gasteiger partial charge in [0.15, 0.2) is 0 Å². The number of benzene rings is 2. The Morgan fingerprint density at radius 1 is 0.750 bits per heavy atom.